The van der Waals surface area contributed by atoms with Crippen molar-refractivity contribution in [1.82, 2.24) is 9.78 Å². The molecule has 0 amide bonds. The molecular formula is C15H17N3. The first-order valence-corrected chi connectivity index (χ1v) is 6.20. The predicted molar refractivity (Wildman–Crippen MR) is 71.0 cm³/mol. The lowest BCUT2D eigenvalue weighted by Gasteiger charge is -2.09. The van der Waals surface area contributed by atoms with Crippen molar-refractivity contribution < 1.29 is 0 Å². The molecule has 0 saturated carbocycles. The van der Waals surface area contributed by atoms with Crippen LogP contribution < -0.4 is 0 Å². The maximum atomic E-state index is 8.95. The second-order valence-corrected chi connectivity index (χ2v) is 4.87. The molecule has 1 aromatic heterocycles. The summed E-state index contributed by atoms with van der Waals surface area (Å²) >= 11 is 0. The van der Waals surface area contributed by atoms with Crippen LogP contribution >= 0.6 is 0 Å². The van der Waals surface area contributed by atoms with Crippen molar-refractivity contribution in [2.24, 2.45) is 5.92 Å². The Bertz CT molecular complexity index is 547. The molecule has 2 aromatic rings. The molecule has 0 fully saturated rings. The molecule has 0 aliphatic carbocycles. The van der Waals surface area contributed by atoms with Crippen LogP contribution in [0.1, 0.15) is 30.8 Å². The maximum absolute atomic E-state index is 8.95. The van der Waals surface area contributed by atoms with E-state index in [-0.39, 0.29) is 0 Å². The van der Waals surface area contributed by atoms with Gasteiger partial charge in [-0.25, -0.2) is 0 Å². The molecular weight excluding hydrogens is 222 g/mol. The Morgan fingerprint density at radius 2 is 2.00 bits per heavy atom. The number of aromatic nitrogens is 2. The normalized spacial score (nSPS) is 10.6. The fourth-order valence-electron chi connectivity index (χ4n) is 1.99. The minimum Gasteiger partial charge on any atom is -0.264 e. The summed E-state index contributed by atoms with van der Waals surface area (Å²) in [5.41, 5.74) is 2.84. The van der Waals surface area contributed by atoms with Gasteiger partial charge in [0.2, 0.25) is 0 Å². The molecule has 0 unspecified atom stereocenters. The van der Waals surface area contributed by atoms with Crippen LogP contribution in [-0.2, 0) is 13.0 Å². The van der Waals surface area contributed by atoms with Crippen molar-refractivity contribution in [2.45, 2.75) is 26.8 Å². The van der Waals surface area contributed by atoms with Crippen LogP contribution in [0, 0.1) is 17.2 Å². The third-order valence-electron chi connectivity index (χ3n) is 2.77. The summed E-state index contributed by atoms with van der Waals surface area (Å²) in [6, 6.07) is 14.2. The second-order valence-electron chi connectivity index (χ2n) is 4.87. The molecule has 0 atom stereocenters. The predicted octanol–water partition coefficient (Wildman–Crippen LogP) is 3.00. The van der Waals surface area contributed by atoms with Crippen LogP contribution in [-0.4, -0.2) is 9.78 Å². The van der Waals surface area contributed by atoms with E-state index < -0.39 is 0 Å². The molecule has 0 radical (unpaired) electrons. The highest BCUT2D eigenvalue weighted by Gasteiger charge is 2.09. The van der Waals surface area contributed by atoms with E-state index in [1.54, 1.807) is 0 Å². The monoisotopic (exact) mass is 239 g/mol. The molecule has 18 heavy (non-hydrogen) atoms. The van der Waals surface area contributed by atoms with Gasteiger partial charge in [0, 0.05) is 5.69 Å². The molecule has 1 heterocycles. The molecule has 3 heteroatoms. The van der Waals surface area contributed by atoms with E-state index in [2.05, 4.69) is 37.1 Å². The van der Waals surface area contributed by atoms with Crippen LogP contribution in [0.2, 0.25) is 0 Å². The minimum absolute atomic E-state index is 0.501. The summed E-state index contributed by atoms with van der Waals surface area (Å²) in [5.74, 6) is 0.558. The lowest BCUT2D eigenvalue weighted by molar-refractivity contribution is 0.573. The van der Waals surface area contributed by atoms with Crippen molar-refractivity contribution in [1.29, 1.82) is 5.26 Å². The van der Waals surface area contributed by atoms with Gasteiger partial charge in [-0.2, -0.15) is 10.4 Å². The van der Waals surface area contributed by atoms with Gasteiger partial charge >= 0.3 is 0 Å². The molecule has 0 saturated heterocycles. The van der Waals surface area contributed by atoms with E-state index in [9.17, 15) is 0 Å². The van der Waals surface area contributed by atoms with Gasteiger partial charge in [0.1, 0.15) is 6.07 Å². The molecule has 3 nitrogen and oxygen atoms in total. The molecule has 1 aromatic carbocycles. The van der Waals surface area contributed by atoms with E-state index in [0.717, 1.165) is 18.7 Å². The number of rotatable bonds is 4. The smallest absolute Gasteiger partial charge is 0.162 e. The summed E-state index contributed by atoms with van der Waals surface area (Å²) in [7, 11) is 0. The van der Waals surface area contributed by atoms with Gasteiger partial charge in [-0.05, 0) is 24.0 Å². The van der Waals surface area contributed by atoms with E-state index in [1.807, 2.05) is 28.9 Å². The SMILES string of the molecule is CC(C)Cc1cc(C#N)nn1Cc1ccccc1. The van der Waals surface area contributed by atoms with E-state index in [4.69, 9.17) is 5.26 Å². The molecule has 0 aliphatic heterocycles. The third-order valence-corrected chi connectivity index (χ3v) is 2.77. The summed E-state index contributed by atoms with van der Waals surface area (Å²) in [5, 5.41) is 13.3. The maximum Gasteiger partial charge on any atom is 0.162 e. The summed E-state index contributed by atoms with van der Waals surface area (Å²) < 4.78 is 1.94. The molecule has 0 bridgehead atoms. The lowest BCUT2D eigenvalue weighted by Crippen LogP contribution is -2.08. The summed E-state index contributed by atoms with van der Waals surface area (Å²) in [6.07, 6.45) is 0.946. The molecule has 2 rings (SSSR count). The first-order valence-electron chi connectivity index (χ1n) is 6.20. The van der Waals surface area contributed by atoms with Crippen LogP contribution in [0.15, 0.2) is 36.4 Å². The van der Waals surface area contributed by atoms with Gasteiger partial charge in [0.25, 0.3) is 0 Å². The van der Waals surface area contributed by atoms with Crippen molar-refractivity contribution in [3.63, 3.8) is 0 Å². The molecule has 92 valence electrons. The van der Waals surface area contributed by atoms with Gasteiger partial charge < -0.3 is 0 Å². The zero-order valence-electron chi connectivity index (χ0n) is 10.8. The second kappa shape index (κ2) is 5.50. The molecule has 0 N–H and O–H groups in total. The van der Waals surface area contributed by atoms with Crippen molar-refractivity contribution >= 4 is 0 Å². The largest absolute Gasteiger partial charge is 0.264 e. The topological polar surface area (TPSA) is 41.6 Å². The number of nitriles is 1. The number of hydrogen-bond acceptors (Lipinski definition) is 2. The zero-order chi connectivity index (χ0) is 13.0. The van der Waals surface area contributed by atoms with Gasteiger partial charge in [-0.1, -0.05) is 44.2 Å². The van der Waals surface area contributed by atoms with Crippen molar-refractivity contribution in [3.05, 3.63) is 53.3 Å². The van der Waals surface area contributed by atoms with Crippen LogP contribution in [0.25, 0.3) is 0 Å². The number of hydrogen-bond donors (Lipinski definition) is 0. The number of benzene rings is 1. The summed E-state index contributed by atoms with van der Waals surface area (Å²) in [6.45, 7) is 5.07. The highest BCUT2D eigenvalue weighted by atomic mass is 15.3. The fraction of sp³-hybridized carbons (Fsp3) is 0.333. The van der Waals surface area contributed by atoms with Gasteiger partial charge in [-0.15, -0.1) is 0 Å². The Hall–Kier alpha value is -2.08. The quantitative estimate of drug-likeness (QED) is 0.823. The Morgan fingerprint density at radius 3 is 2.61 bits per heavy atom. The van der Waals surface area contributed by atoms with E-state index in [0.29, 0.717) is 11.6 Å². The first-order chi connectivity index (χ1) is 8.69. The third kappa shape index (κ3) is 2.98. The molecule has 0 spiro atoms. The van der Waals surface area contributed by atoms with Crippen molar-refractivity contribution in [2.75, 3.05) is 0 Å². The summed E-state index contributed by atoms with van der Waals surface area (Å²) in [4.78, 5) is 0. The average molecular weight is 239 g/mol. The Morgan fingerprint density at radius 1 is 1.28 bits per heavy atom. The Labute approximate surface area is 108 Å². The highest BCUT2D eigenvalue weighted by Crippen LogP contribution is 2.12. The van der Waals surface area contributed by atoms with E-state index in [1.165, 1.54) is 5.56 Å². The Balaban J connectivity index is 2.26. The van der Waals surface area contributed by atoms with Crippen LogP contribution in [0.4, 0.5) is 0 Å². The van der Waals surface area contributed by atoms with Crippen LogP contribution in [0.3, 0.4) is 0 Å². The van der Waals surface area contributed by atoms with Crippen LogP contribution in [0.5, 0.6) is 0 Å². The highest BCUT2D eigenvalue weighted by molar-refractivity contribution is 5.24. The van der Waals surface area contributed by atoms with E-state index >= 15 is 0 Å². The fourth-order valence-corrected chi connectivity index (χ4v) is 1.99. The first kappa shape index (κ1) is 12.4. The van der Waals surface area contributed by atoms with Gasteiger partial charge in [0.15, 0.2) is 5.69 Å². The Kier molecular flexibility index (Phi) is 3.78. The van der Waals surface area contributed by atoms with Gasteiger partial charge in [0.05, 0.1) is 6.54 Å². The number of nitrogens with zero attached hydrogens (tertiary/aromatic N) is 3. The lowest BCUT2D eigenvalue weighted by atomic mass is 10.1. The van der Waals surface area contributed by atoms with Crippen molar-refractivity contribution in [3.8, 4) is 6.07 Å². The van der Waals surface area contributed by atoms with Gasteiger partial charge in [-0.3, -0.25) is 4.68 Å². The zero-order valence-corrected chi connectivity index (χ0v) is 10.8. The average Bonchev–Trinajstić information content (AvgIpc) is 2.72. The standard InChI is InChI=1S/C15H17N3/c1-12(2)8-15-9-14(10-16)17-18(15)11-13-6-4-3-5-7-13/h3-7,9,12H,8,11H2,1-2H3. The molecule has 0 aliphatic rings. The minimum atomic E-state index is 0.501.